The van der Waals surface area contributed by atoms with Gasteiger partial charge >= 0.3 is 5.97 Å². The molecule has 0 aliphatic heterocycles. The first kappa shape index (κ1) is 18.5. The highest BCUT2D eigenvalue weighted by Gasteiger charge is 2.47. The van der Waals surface area contributed by atoms with Gasteiger partial charge in [-0.1, -0.05) is 17.7 Å². The number of alkyl halides is 2. The maximum atomic E-state index is 13.1. The van der Waals surface area contributed by atoms with Gasteiger partial charge in [0.2, 0.25) is 0 Å². The number of benzene rings is 2. The van der Waals surface area contributed by atoms with Crippen LogP contribution < -0.4 is 9.47 Å². The van der Waals surface area contributed by atoms with Crippen molar-refractivity contribution >= 4 is 17.6 Å². The lowest BCUT2D eigenvalue weighted by Gasteiger charge is -2.35. The number of carbonyl (C=O) groups excluding carboxylic acids is 1. The van der Waals surface area contributed by atoms with Crippen molar-refractivity contribution in [3.63, 3.8) is 0 Å². The van der Waals surface area contributed by atoms with Crippen molar-refractivity contribution in [1.82, 2.24) is 0 Å². The van der Waals surface area contributed by atoms with Crippen LogP contribution in [0.5, 0.6) is 11.5 Å². The topological polar surface area (TPSA) is 44.8 Å². The number of carbonyl (C=O) groups is 1. The maximum Gasteiger partial charge on any atom is 0.337 e. The second kappa shape index (κ2) is 7.11. The summed E-state index contributed by atoms with van der Waals surface area (Å²) in [5.41, 5.74) is 1.55. The fourth-order valence-electron chi connectivity index (χ4n) is 2.81. The quantitative estimate of drug-likeness (QED) is 0.684. The van der Waals surface area contributed by atoms with Crippen LogP contribution in [0.15, 0.2) is 36.4 Å². The van der Waals surface area contributed by atoms with Crippen LogP contribution in [0, 0.1) is 0 Å². The van der Waals surface area contributed by atoms with E-state index in [-0.39, 0.29) is 12.8 Å². The van der Waals surface area contributed by atoms with E-state index in [4.69, 9.17) is 25.8 Å². The van der Waals surface area contributed by atoms with Gasteiger partial charge in [-0.25, -0.2) is 13.6 Å². The summed E-state index contributed by atoms with van der Waals surface area (Å²) in [4.78, 5) is 11.8. The van der Waals surface area contributed by atoms with E-state index in [9.17, 15) is 13.6 Å². The molecule has 1 saturated carbocycles. The predicted molar refractivity (Wildman–Crippen MR) is 93.4 cm³/mol. The Hall–Kier alpha value is -2.34. The smallest absolute Gasteiger partial charge is 0.337 e. The van der Waals surface area contributed by atoms with E-state index in [1.54, 1.807) is 30.3 Å². The molecule has 2 aromatic carbocycles. The Kier molecular flexibility index (Phi) is 5.05. The molecule has 7 heteroatoms. The second-order valence-corrected chi connectivity index (χ2v) is 6.46. The summed E-state index contributed by atoms with van der Waals surface area (Å²) in [6, 6.07) is 9.81. The van der Waals surface area contributed by atoms with E-state index in [1.165, 1.54) is 20.3 Å². The molecule has 0 N–H and O–H groups in total. The summed E-state index contributed by atoms with van der Waals surface area (Å²) < 4.78 is 41.8. The Morgan fingerprint density at radius 3 is 2.38 bits per heavy atom. The Balaban J connectivity index is 1.98. The third kappa shape index (κ3) is 3.75. The van der Waals surface area contributed by atoms with Crippen LogP contribution in [-0.2, 0) is 4.74 Å². The van der Waals surface area contributed by atoms with Crippen LogP contribution in [-0.4, -0.2) is 32.2 Å². The van der Waals surface area contributed by atoms with E-state index in [1.807, 2.05) is 0 Å². The minimum absolute atomic E-state index is 0.320. The fourth-order valence-corrected chi connectivity index (χ4v) is 3.06. The van der Waals surface area contributed by atoms with Crippen LogP contribution >= 0.6 is 11.6 Å². The van der Waals surface area contributed by atoms with Gasteiger partial charge in [-0.3, -0.25) is 0 Å². The minimum atomic E-state index is -2.68. The second-order valence-electron chi connectivity index (χ2n) is 6.06. The van der Waals surface area contributed by atoms with Gasteiger partial charge in [-0.05, 0) is 35.9 Å². The van der Waals surface area contributed by atoms with Crippen LogP contribution in [0.25, 0.3) is 11.1 Å². The molecule has 0 bridgehead atoms. The molecule has 2 aromatic rings. The number of rotatable bonds is 5. The Morgan fingerprint density at radius 1 is 1.12 bits per heavy atom. The number of halogens is 3. The summed E-state index contributed by atoms with van der Waals surface area (Å²) in [7, 11) is 2.79. The zero-order valence-electron chi connectivity index (χ0n) is 14.2. The molecule has 0 unspecified atom stereocenters. The van der Waals surface area contributed by atoms with Gasteiger partial charge in [0, 0.05) is 18.4 Å². The minimum Gasteiger partial charge on any atom is -0.495 e. The average Bonchev–Trinajstić information content (AvgIpc) is 2.59. The number of methoxy groups -OCH3 is 2. The van der Waals surface area contributed by atoms with Gasteiger partial charge < -0.3 is 14.2 Å². The third-order valence-corrected chi connectivity index (χ3v) is 4.51. The van der Waals surface area contributed by atoms with Gasteiger partial charge in [-0.2, -0.15) is 0 Å². The van der Waals surface area contributed by atoms with Crippen molar-refractivity contribution in [2.45, 2.75) is 24.9 Å². The highest BCUT2D eigenvalue weighted by Crippen LogP contribution is 2.42. The molecule has 0 amide bonds. The molecular weight excluding hydrogens is 366 g/mol. The summed E-state index contributed by atoms with van der Waals surface area (Å²) >= 11 is 6.19. The Bertz CT molecular complexity index is 830. The first-order valence-corrected chi connectivity index (χ1v) is 8.31. The lowest BCUT2D eigenvalue weighted by molar-refractivity contribution is -0.134. The first-order chi connectivity index (χ1) is 12.3. The van der Waals surface area contributed by atoms with E-state index in [0.29, 0.717) is 33.2 Å². The summed E-state index contributed by atoms with van der Waals surface area (Å²) in [5, 5.41) is 0.384. The molecular formula is C19H17ClF2O4. The Labute approximate surface area is 154 Å². The molecule has 1 aliphatic rings. The van der Waals surface area contributed by atoms with Gasteiger partial charge in [0.25, 0.3) is 5.92 Å². The van der Waals surface area contributed by atoms with Crippen molar-refractivity contribution in [2.24, 2.45) is 0 Å². The molecule has 0 radical (unpaired) electrons. The summed E-state index contributed by atoms with van der Waals surface area (Å²) in [6.45, 7) is 0. The largest absolute Gasteiger partial charge is 0.495 e. The molecule has 138 valence electrons. The van der Waals surface area contributed by atoms with Crippen LogP contribution in [0.2, 0.25) is 5.02 Å². The van der Waals surface area contributed by atoms with Crippen molar-refractivity contribution in [1.29, 1.82) is 0 Å². The Morgan fingerprint density at radius 2 is 1.81 bits per heavy atom. The van der Waals surface area contributed by atoms with Gasteiger partial charge in [0.15, 0.2) is 0 Å². The highest BCUT2D eigenvalue weighted by molar-refractivity contribution is 6.32. The normalized spacial score (nSPS) is 15.9. The molecule has 0 atom stereocenters. The molecule has 3 rings (SSSR count). The molecule has 0 saturated heterocycles. The monoisotopic (exact) mass is 382 g/mol. The van der Waals surface area contributed by atoms with Gasteiger partial charge in [0.1, 0.15) is 17.6 Å². The van der Waals surface area contributed by atoms with E-state index in [2.05, 4.69) is 0 Å². The van der Waals surface area contributed by atoms with E-state index in [0.717, 1.165) is 0 Å². The van der Waals surface area contributed by atoms with Gasteiger partial charge in [-0.15, -0.1) is 0 Å². The standard InChI is InChI=1S/C19H17ClF2O4/c1-24-17-6-3-11(8-15(17)20)14-7-12(18(23)25-2)4-5-16(14)26-13-9-19(21,22)10-13/h3-8,13H,9-10H2,1-2H3. The van der Waals surface area contributed by atoms with Crippen molar-refractivity contribution in [3.8, 4) is 22.6 Å². The number of ether oxygens (including phenoxy) is 3. The van der Waals surface area contributed by atoms with E-state index >= 15 is 0 Å². The lowest BCUT2D eigenvalue weighted by Crippen LogP contribution is -2.43. The zero-order chi connectivity index (χ0) is 18.9. The van der Waals surface area contributed by atoms with Crippen molar-refractivity contribution < 1.29 is 27.8 Å². The van der Waals surface area contributed by atoms with Gasteiger partial charge in [0.05, 0.1) is 24.8 Å². The molecule has 4 nitrogen and oxygen atoms in total. The molecule has 0 aromatic heterocycles. The number of esters is 1. The fraction of sp³-hybridized carbons (Fsp3) is 0.316. The summed E-state index contributed by atoms with van der Waals surface area (Å²) in [5.74, 6) is -2.28. The number of hydrogen-bond acceptors (Lipinski definition) is 4. The highest BCUT2D eigenvalue weighted by atomic mass is 35.5. The van der Waals surface area contributed by atoms with Crippen LogP contribution in [0.1, 0.15) is 23.2 Å². The van der Waals surface area contributed by atoms with Crippen LogP contribution in [0.4, 0.5) is 8.78 Å². The summed E-state index contributed by atoms with van der Waals surface area (Å²) in [6.07, 6.45) is -1.22. The first-order valence-electron chi connectivity index (χ1n) is 7.94. The van der Waals surface area contributed by atoms with Crippen molar-refractivity contribution in [2.75, 3.05) is 14.2 Å². The molecule has 0 spiro atoms. The average molecular weight is 383 g/mol. The third-order valence-electron chi connectivity index (χ3n) is 4.21. The molecule has 26 heavy (non-hydrogen) atoms. The number of hydrogen-bond donors (Lipinski definition) is 0. The predicted octanol–water partition coefficient (Wildman–Crippen LogP) is 4.98. The maximum absolute atomic E-state index is 13.1. The van der Waals surface area contributed by atoms with Crippen molar-refractivity contribution in [3.05, 3.63) is 47.0 Å². The van der Waals surface area contributed by atoms with E-state index < -0.39 is 18.0 Å². The SMILES string of the molecule is COC(=O)c1ccc(OC2CC(F)(F)C2)c(-c2ccc(OC)c(Cl)c2)c1. The molecule has 1 aliphatic carbocycles. The molecule has 1 fully saturated rings. The zero-order valence-corrected chi connectivity index (χ0v) is 15.0. The van der Waals surface area contributed by atoms with Crippen LogP contribution in [0.3, 0.4) is 0 Å². The molecule has 0 heterocycles. The lowest BCUT2D eigenvalue weighted by atomic mass is 9.90.